The summed E-state index contributed by atoms with van der Waals surface area (Å²) < 4.78 is 27.9. The molecule has 0 aliphatic carbocycles. The Labute approximate surface area is 177 Å². The SMILES string of the molecule is CC(=O)N1CC2(C1)C(=O)N(c1ccc(C#N)cc1F)CC(=O)N2Cc1ccc(F)cc1. The van der Waals surface area contributed by atoms with Crippen molar-refractivity contribution in [2.75, 3.05) is 24.5 Å². The van der Waals surface area contributed by atoms with Crippen molar-refractivity contribution < 1.29 is 23.2 Å². The van der Waals surface area contributed by atoms with E-state index >= 15 is 0 Å². The van der Waals surface area contributed by atoms with Gasteiger partial charge in [0.25, 0.3) is 5.91 Å². The summed E-state index contributed by atoms with van der Waals surface area (Å²) in [6.07, 6.45) is 0. The van der Waals surface area contributed by atoms with Gasteiger partial charge in [-0.2, -0.15) is 5.26 Å². The van der Waals surface area contributed by atoms with Crippen molar-refractivity contribution >= 4 is 23.4 Å². The third kappa shape index (κ3) is 3.40. The van der Waals surface area contributed by atoms with Gasteiger partial charge in [0.2, 0.25) is 11.8 Å². The number of carbonyl (C=O) groups is 3. The van der Waals surface area contributed by atoms with E-state index in [1.54, 1.807) is 0 Å². The van der Waals surface area contributed by atoms with Crippen molar-refractivity contribution in [1.82, 2.24) is 9.80 Å². The number of likely N-dealkylation sites (tertiary alicyclic amines) is 1. The average molecular weight is 424 g/mol. The van der Waals surface area contributed by atoms with Crippen LogP contribution in [-0.4, -0.2) is 52.7 Å². The number of halogens is 2. The van der Waals surface area contributed by atoms with Gasteiger partial charge in [-0.05, 0) is 35.9 Å². The first-order valence-electron chi connectivity index (χ1n) is 9.57. The van der Waals surface area contributed by atoms with Gasteiger partial charge in [0, 0.05) is 13.5 Å². The molecule has 2 aliphatic rings. The van der Waals surface area contributed by atoms with Gasteiger partial charge in [0.1, 0.15) is 18.2 Å². The summed E-state index contributed by atoms with van der Waals surface area (Å²) >= 11 is 0. The Kier molecular flexibility index (Phi) is 4.93. The minimum absolute atomic E-state index is 0.0114. The van der Waals surface area contributed by atoms with Crippen LogP contribution in [0.1, 0.15) is 18.1 Å². The van der Waals surface area contributed by atoms with Gasteiger partial charge in [-0.1, -0.05) is 12.1 Å². The van der Waals surface area contributed by atoms with Crippen LogP contribution in [0.15, 0.2) is 42.5 Å². The van der Waals surface area contributed by atoms with E-state index in [4.69, 9.17) is 5.26 Å². The number of hydrogen-bond donors (Lipinski definition) is 0. The van der Waals surface area contributed by atoms with Gasteiger partial charge < -0.3 is 9.80 Å². The molecule has 0 saturated carbocycles. The predicted octanol–water partition coefficient (Wildman–Crippen LogP) is 1.81. The molecule has 3 amide bonds. The molecule has 0 unspecified atom stereocenters. The molecule has 9 heteroatoms. The standard InChI is InChI=1S/C22H18F2N4O3/c1-14(29)26-12-22(13-26)21(31)27(19-7-4-16(9-25)8-18(19)24)11-20(30)28(22)10-15-2-5-17(23)6-3-15/h2-8H,10-13H2,1H3. The lowest BCUT2D eigenvalue weighted by molar-refractivity contribution is -0.169. The second-order valence-corrected chi connectivity index (χ2v) is 7.68. The van der Waals surface area contributed by atoms with Crippen LogP contribution in [0.3, 0.4) is 0 Å². The monoisotopic (exact) mass is 424 g/mol. The number of carbonyl (C=O) groups excluding carboxylic acids is 3. The number of benzene rings is 2. The molecule has 4 rings (SSSR count). The van der Waals surface area contributed by atoms with Crippen molar-refractivity contribution in [2.45, 2.75) is 19.0 Å². The van der Waals surface area contributed by atoms with Crippen LogP contribution in [0.4, 0.5) is 14.5 Å². The summed E-state index contributed by atoms with van der Waals surface area (Å²) in [6, 6.07) is 11.1. The zero-order valence-corrected chi connectivity index (χ0v) is 16.6. The molecular weight excluding hydrogens is 406 g/mol. The first kappa shape index (κ1) is 20.5. The first-order valence-corrected chi connectivity index (χ1v) is 9.57. The van der Waals surface area contributed by atoms with Crippen molar-refractivity contribution in [2.24, 2.45) is 0 Å². The van der Waals surface area contributed by atoms with Crippen molar-refractivity contribution in [3.63, 3.8) is 0 Å². The van der Waals surface area contributed by atoms with Crippen molar-refractivity contribution in [3.8, 4) is 6.07 Å². The highest BCUT2D eigenvalue weighted by Crippen LogP contribution is 2.37. The van der Waals surface area contributed by atoms with E-state index in [9.17, 15) is 23.2 Å². The maximum absolute atomic E-state index is 14.6. The smallest absolute Gasteiger partial charge is 0.257 e. The number of piperazine rings is 1. The molecular formula is C22H18F2N4O3. The Bertz CT molecular complexity index is 1120. The number of rotatable bonds is 3. The summed E-state index contributed by atoms with van der Waals surface area (Å²) in [6.45, 7) is 1.01. The van der Waals surface area contributed by atoms with Gasteiger partial charge in [0.15, 0.2) is 5.54 Å². The number of amides is 3. The fraction of sp³-hybridized carbons (Fsp3) is 0.273. The molecule has 2 aromatic carbocycles. The van der Waals surface area contributed by atoms with E-state index in [1.165, 1.54) is 53.1 Å². The topological polar surface area (TPSA) is 84.7 Å². The molecule has 2 heterocycles. The third-order valence-electron chi connectivity index (χ3n) is 5.73. The fourth-order valence-electron chi connectivity index (χ4n) is 4.01. The average Bonchev–Trinajstić information content (AvgIpc) is 2.70. The number of nitriles is 1. The van der Waals surface area contributed by atoms with E-state index in [1.807, 2.05) is 6.07 Å². The van der Waals surface area contributed by atoms with E-state index in [2.05, 4.69) is 0 Å². The maximum atomic E-state index is 14.6. The largest absolute Gasteiger partial charge is 0.337 e. The molecule has 0 N–H and O–H groups in total. The Balaban J connectivity index is 1.70. The molecule has 0 bridgehead atoms. The zero-order chi connectivity index (χ0) is 22.3. The Morgan fingerprint density at radius 1 is 1.13 bits per heavy atom. The molecule has 2 aliphatic heterocycles. The highest BCUT2D eigenvalue weighted by molar-refractivity contribution is 6.10. The molecule has 1 spiro atoms. The molecule has 2 fully saturated rings. The molecule has 31 heavy (non-hydrogen) atoms. The van der Waals surface area contributed by atoms with Crippen LogP contribution in [-0.2, 0) is 20.9 Å². The predicted molar refractivity (Wildman–Crippen MR) is 105 cm³/mol. The van der Waals surface area contributed by atoms with Crippen LogP contribution in [0.25, 0.3) is 0 Å². The van der Waals surface area contributed by atoms with Crippen LogP contribution >= 0.6 is 0 Å². The molecule has 2 aromatic rings. The number of anilines is 1. The lowest BCUT2D eigenvalue weighted by atomic mass is 9.83. The highest BCUT2D eigenvalue weighted by atomic mass is 19.1. The summed E-state index contributed by atoms with van der Waals surface area (Å²) in [5, 5.41) is 8.94. The van der Waals surface area contributed by atoms with E-state index < -0.39 is 29.0 Å². The highest BCUT2D eigenvalue weighted by Gasteiger charge is 2.60. The van der Waals surface area contributed by atoms with Crippen LogP contribution in [0, 0.1) is 23.0 Å². The zero-order valence-electron chi connectivity index (χ0n) is 16.6. The third-order valence-corrected chi connectivity index (χ3v) is 5.73. The lowest BCUT2D eigenvalue weighted by Crippen LogP contribution is -2.81. The van der Waals surface area contributed by atoms with Gasteiger partial charge in [-0.3, -0.25) is 19.3 Å². The van der Waals surface area contributed by atoms with E-state index in [-0.39, 0.29) is 43.3 Å². The minimum Gasteiger partial charge on any atom is -0.337 e. The van der Waals surface area contributed by atoms with Gasteiger partial charge in [0.05, 0.1) is 30.4 Å². The van der Waals surface area contributed by atoms with Gasteiger partial charge >= 0.3 is 0 Å². The van der Waals surface area contributed by atoms with Crippen molar-refractivity contribution in [3.05, 3.63) is 65.2 Å². The lowest BCUT2D eigenvalue weighted by Gasteiger charge is -2.57. The fourth-order valence-corrected chi connectivity index (χ4v) is 4.01. The molecule has 0 radical (unpaired) electrons. The molecule has 158 valence electrons. The quantitative estimate of drug-likeness (QED) is 0.752. The van der Waals surface area contributed by atoms with Crippen molar-refractivity contribution in [1.29, 1.82) is 5.26 Å². The summed E-state index contributed by atoms with van der Waals surface area (Å²) in [5.74, 6) is -2.38. The second-order valence-electron chi connectivity index (χ2n) is 7.68. The van der Waals surface area contributed by atoms with E-state index in [0.29, 0.717) is 5.56 Å². The maximum Gasteiger partial charge on any atom is 0.257 e. The molecule has 7 nitrogen and oxygen atoms in total. The summed E-state index contributed by atoms with van der Waals surface area (Å²) in [5.41, 5.74) is -0.716. The first-order chi connectivity index (χ1) is 14.7. The molecule has 0 atom stereocenters. The van der Waals surface area contributed by atoms with Crippen LogP contribution in [0.5, 0.6) is 0 Å². The normalized spacial score (nSPS) is 17.5. The molecule has 0 aromatic heterocycles. The summed E-state index contributed by atoms with van der Waals surface area (Å²) in [7, 11) is 0. The Morgan fingerprint density at radius 3 is 2.39 bits per heavy atom. The van der Waals surface area contributed by atoms with Crippen LogP contribution < -0.4 is 4.90 Å². The Hall–Kier alpha value is -3.80. The minimum atomic E-state index is -1.34. The van der Waals surface area contributed by atoms with Gasteiger partial charge in [-0.25, -0.2) is 8.78 Å². The second kappa shape index (κ2) is 7.47. The Morgan fingerprint density at radius 2 is 1.81 bits per heavy atom. The summed E-state index contributed by atoms with van der Waals surface area (Å²) in [4.78, 5) is 42.3. The number of hydrogen-bond acceptors (Lipinski definition) is 4. The van der Waals surface area contributed by atoms with E-state index in [0.717, 1.165) is 11.0 Å². The van der Waals surface area contributed by atoms with Crippen LogP contribution in [0.2, 0.25) is 0 Å². The number of nitrogens with zero attached hydrogens (tertiary/aromatic N) is 4. The van der Waals surface area contributed by atoms with Gasteiger partial charge in [-0.15, -0.1) is 0 Å². The molecule has 2 saturated heterocycles.